The van der Waals surface area contributed by atoms with Gasteiger partial charge in [-0.05, 0) is 24.6 Å². The van der Waals surface area contributed by atoms with E-state index in [4.69, 9.17) is 0 Å². The summed E-state index contributed by atoms with van der Waals surface area (Å²) in [6.07, 6.45) is 0.812. The summed E-state index contributed by atoms with van der Waals surface area (Å²) in [7, 11) is -1.37. The Labute approximate surface area is 144 Å². The van der Waals surface area contributed by atoms with Crippen molar-refractivity contribution >= 4 is 15.9 Å². The molecular weight excluding hydrogens is 326 g/mol. The molecule has 3 rings (SSSR count). The van der Waals surface area contributed by atoms with Crippen molar-refractivity contribution in [3.8, 4) is 0 Å². The molecule has 1 fully saturated rings. The van der Waals surface area contributed by atoms with E-state index in [1.807, 2.05) is 25.2 Å². The van der Waals surface area contributed by atoms with Crippen LogP contribution in [-0.2, 0) is 27.8 Å². The molecule has 0 aromatic heterocycles. The third-order valence-corrected chi connectivity index (χ3v) is 6.74. The average Bonchev–Trinajstić information content (AvgIpc) is 2.60. The van der Waals surface area contributed by atoms with Crippen molar-refractivity contribution in [3.63, 3.8) is 0 Å². The van der Waals surface area contributed by atoms with Crippen LogP contribution in [0.4, 0.5) is 0 Å². The van der Waals surface area contributed by atoms with Crippen molar-refractivity contribution in [1.29, 1.82) is 0 Å². The SMILES string of the molecule is CN1CCN(C(=O)CCS(=O)(=O)N2CCc3ccccc3C2)CC1. The minimum absolute atomic E-state index is 0.0518. The maximum atomic E-state index is 12.6. The smallest absolute Gasteiger partial charge is 0.223 e. The maximum Gasteiger partial charge on any atom is 0.223 e. The number of fused-ring (bicyclic) bond motifs is 1. The minimum atomic E-state index is -3.40. The lowest BCUT2D eigenvalue weighted by molar-refractivity contribution is -0.132. The monoisotopic (exact) mass is 351 g/mol. The quantitative estimate of drug-likeness (QED) is 0.794. The first-order valence-electron chi connectivity index (χ1n) is 8.46. The fourth-order valence-corrected chi connectivity index (χ4v) is 4.66. The number of sulfonamides is 1. The summed E-state index contributed by atoms with van der Waals surface area (Å²) in [5.74, 6) is -0.149. The van der Waals surface area contributed by atoms with Crippen LogP contribution < -0.4 is 0 Å². The second-order valence-electron chi connectivity index (χ2n) is 6.60. The molecule has 132 valence electrons. The zero-order valence-corrected chi connectivity index (χ0v) is 15.0. The van der Waals surface area contributed by atoms with Crippen LogP contribution >= 0.6 is 0 Å². The highest BCUT2D eigenvalue weighted by Gasteiger charge is 2.28. The first-order chi connectivity index (χ1) is 11.5. The summed E-state index contributed by atoms with van der Waals surface area (Å²) in [4.78, 5) is 16.2. The van der Waals surface area contributed by atoms with Gasteiger partial charge < -0.3 is 9.80 Å². The minimum Gasteiger partial charge on any atom is -0.340 e. The summed E-state index contributed by atoms with van der Waals surface area (Å²) >= 11 is 0. The predicted octanol–water partition coefficient (Wildman–Crippen LogP) is 0.539. The highest BCUT2D eigenvalue weighted by atomic mass is 32.2. The topological polar surface area (TPSA) is 60.9 Å². The number of rotatable bonds is 4. The molecule has 0 saturated carbocycles. The number of hydrogen-bond acceptors (Lipinski definition) is 4. The molecule has 1 saturated heterocycles. The van der Waals surface area contributed by atoms with Gasteiger partial charge in [0.1, 0.15) is 0 Å². The van der Waals surface area contributed by atoms with Crippen molar-refractivity contribution in [2.24, 2.45) is 0 Å². The Morgan fingerprint density at radius 2 is 1.71 bits per heavy atom. The molecule has 2 heterocycles. The predicted molar refractivity (Wildman–Crippen MR) is 93.0 cm³/mol. The van der Waals surface area contributed by atoms with Gasteiger partial charge in [0.15, 0.2) is 0 Å². The van der Waals surface area contributed by atoms with Gasteiger partial charge in [0, 0.05) is 45.7 Å². The summed E-state index contributed by atoms with van der Waals surface area (Å²) in [5, 5.41) is 0. The Bertz CT molecular complexity index is 697. The lowest BCUT2D eigenvalue weighted by atomic mass is 10.0. The first-order valence-corrected chi connectivity index (χ1v) is 10.1. The molecule has 0 aliphatic carbocycles. The summed E-state index contributed by atoms with van der Waals surface area (Å²) in [6.45, 7) is 3.99. The lowest BCUT2D eigenvalue weighted by Crippen LogP contribution is -2.47. The molecule has 1 aromatic rings. The third kappa shape index (κ3) is 3.96. The van der Waals surface area contributed by atoms with Gasteiger partial charge in [-0.15, -0.1) is 0 Å². The molecule has 0 bridgehead atoms. The average molecular weight is 351 g/mol. The largest absolute Gasteiger partial charge is 0.340 e. The lowest BCUT2D eigenvalue weighted by Gasteiger charge is -2.33. The van der Waals surface area contributed by atoms with Crippen molar-refractivity contribution in [2.75, 3.05) is 45.5 Å². The zero-order valence-electron chi connectivity index (χ0n) is 14.1. The van der Waals surface area contributed by atoms with Gasteiger partial charge in [0.2, 0.25) is 15.9 Å². The van der Waals surface area contributed by atoms with E-state index < -0.39 is 10.0 Å². The van der Waals surface area contributed by atoms with Crippen LogP contribution in [0.2, 0.25) is 0 Å². The third-order valence-electron chi connectivity index (χ3n) is 4.92. The van der Waals surface area contributed by atoms with E-state index in [9.17, 15) is 13.2 Å². The normalized spacial score (nSPS) is 20.0. The van der Waals surface area contributed by atoms with Crippen molar-refractivity contribution in [1.82, 2.24) is 14.1 Å². The van der Waals surface area contributed by atoms with Gasteiger partial charge in [-0.3, -0.25) is 4.79 Å². The summed E-state index contributed by atoms with van der Waals surface area (Å²) in [5.41, 5.74) is 2.29. The first kappa shape index (κ1) is 17.4. The van der Waals surface area contributed by atoms with Crippen molar-refractivity contribution < 1.29 is 13.2 Å². The van der Waals surface area contributed by atoms with Crippen LogP contribution in [0.1, 0.15) is 17.5 Å². The molecule has 6 nitrogen and oxygen atoms in total. The molecule has 7 heteroatoms. The molecule has 0 radical (unpaired) electrons. The Hall–Kier alpha value is -1.44. The van der Waals surface area contributed by atoms with E-state index in [1.54, 1.807) is 4.90 Å². The Balaban J connectivity index is 1.56. The van der Waals surface area contributed by atoms with Crippen LogP contribution in [0.25, 0.3) is 0 Å². The van der Waals surface area contributed by atoms with Gasteiger partial charge in [-0.25, -0.2) is 8.42 Å². The van der Waals surface area contributed by atoms with Crippen LogP contribution in [0.3, 0.4) is 0 Å². The molecule has 0 unspecified atom stereocenters. The Morgan fingerprint density at radius 3 is 2.42 bits per heavy atom. The van der Waals surface area contributed by atoms with E-state index >= 15 is 0 Å². The number of hydrogen-bond donors (Lipinski definition) is 0. The molecule has 0 spiro atoms. The van der Waals surface area contributed by atoms with Gasteiger partial charge >= 0.3 is 0 Å². The zero-order chi connectivity index (χ0) is 17.2. The second kappa shape index (κ2) is 7.21. The Kier molecular flexibility index (Phi) is 5.22. The molecule has 1 aromatic carbocycles. The van der Waals surface area contributed by atoms with Crippen LogP contribution in [-0.4, -0.2) is 74.0 Å². The molecule has 0 N–H and O–H groups in total. The highest BCUT2D eigenvalue weighted by Crippen LogP contribution is 2.21. The van der Waals surface area contributed by atoms with Crippen molar-refractivity contribution in [3.05, 3.63) is 35.4 Å². The Morgan fingerprint density at radius 1 is 1.04 bits per heavy atom. The van der Waals surface area contributed by atoms with E-state index in [1.165, 1.54) is 9.87 Å². The number of amides is 1. The molecule has 2 aliphatic rings. The molecule has 2 aliphatic heterocycles. The fraction of sp³-hybridized carbons (Fsp3) is 0.588. The number of nitrogens with zero attached hydrogens (tertiary/aromatic N) is 3. The van der Waals surface area contributed by atoms with E-state index in [2.05, 4.69) is 11.0 Å². The van der Waals surface area contributed by atoms with Gasteiger partial charge in [-0.2, -0.15) is 4.31 Å². The molecule has 0 atom stereocenters. The van der Waals surface area contributed by atoms with Gasteiger partial charge in [0.25, 0.3) is 0 Å². The summed E-state index contributed by atoms with van der Waals surface area (Å²) < 4.78 is 26.7. The van der Waals surface area contributed by atoms with Gasteiger partial charge in [-0.1, -0.05) is 24.3 Å². The van der Waals surface area contributed by atoms with E-state index in [0.29, 0.717) is 26.2 Å². The van der Waals surface area contributed by atoms with Crippen LogP contribution in [0.15, 0.2) is 24.3 Å². The molecule has 1 amide bonds. The maximum absolute atomic E-state index is 12.6. The molecule has 24 heavy (non-hydrogen) atoms. The fourth-order valence-electron chi connectivity index (χ4n) is 3.27. The summed E-state index contributed by atoms with van der Waals surface area (Å²) in [6, 6.07) is 7.95. The standard InChI is InChI=1S/C17H25N3O3S/c1-18-9-11-19(12-10-18)17(21)7-13-24(22,23)20-8-6-15-4-2-3-5-16(15)14-20/h2-5H,6-14H2,1H3. The number of carbonyl (C=O) groups is 1. The van der Waals surface area contributed by atoms with Crippen LogP contribution in [0.5, 0.6) is 0 Å². The van der Waals surface area contributed by atoms with Crippen LogP contribution in [0, 0.1) is 0 Å². The van der Waals surface area contributed by atoms with E-state index in [-0.39, 0.29) is 18.1 Å². The number of likely N-dealkylation sites (N-methyl/N-ethyl adjacent to an activating group) is 1. The van der Waals surface area contributed by atoms with Crippen molar-refractivity contribution in [2.45, 2.75) is 19.4 Å². The second-order valence-corrected chi connectivity index (χ2v) is 8.69. The number of piperazine rings is 1. The number of benzene rings is 1. The van der Waals surface area contributed by atoms with E-state index in [0.717, 1.165) is 25.1 Å². The van der Waals surface area contributed by atoms with Gasteiger partial charge in [0.05, 0.1) is 5.75 Å². The highest BCUT2D eigenvalue weighted by molar-refractivity contribution is 7.89. The number of carbonyl (C=O) groups excluding carboxylic acids is 1. The molecular formula is C17H25N3O3S.